The first kappa shape index (κ1) is 36.8. The summed E-state index contributed by atoms with van der Waals surface area (Å²) in [5, 5.41) is 0. The zero-order chi connectivity index (χ0) is 27.2. The van der Waals surface area contributed by atoms with E-state index in [2.05, 4.69) is 72.0 Å². The van der Waals surface area contributed by atoms with E-state index in [1.807, 2.05) is 7.11 Å². The first-order valence-electron chi connectivity index (χ1n) is 13.1. The average molecular weight is 639 g/mol. The van der Waals surface area contributed by atoms with Crippen LogP contribution in [0.3, 0.4) is 0 Å². The first-order chi connectivity index (χ1) is 15.9. The zero-order valence-corrected chi connectivity index (χ0v) is 33.9. The Morgan fingerprint density at radius 1 is 0.429 bits per heavy atom. The van der Waals surface area contributed by atoms with Gasteiger partial charge in [0.1, 0.15) is 0 Å². The fourth-order valence-corrected chi connectivity index (χ4v) is 22.5. The molecule has 0 aromatic rings. The van der Waals surface area contributed by atoms with Gasteiger partial charge in [0, 0.05) is 7.11 Å². The molecule has 0 saturated heterocycles. The Hall–Kier alpha value is 1.75. The van der Waals surface area contributed by atoms with Crippen LogP contribution in [-0.2, 0) is 20.9 Å². The smallest absolute Gasteiger partial charge is 0.215 e. The number of hydrogen-bond acceptors (Lipinski definition) is 5. The lowest BCUT2D eigenvalue weighted by atomic mass is 10.6. The number of hydrogen-bond donors (Lipinski definition) is 0. The summed E-state index contributed by atoms with van der Waals surface area (Å²) in [6.07, 6.45) is 1.23. The topological polar surface area (TPSA) is 46.2 Å². The van der Waals surface area contributed by atoms with Gasteiger partial charge in [0.25, 0.3) is 0 Å². The molecule has 0 spiro atoms. The second-order valence-electron chi connectivity index (χ2n) is 12.7. The van der Waals surface area contributed by atoms with Gasteiger partial charge in [-0.2, -0.15) is 0 Å². The standard InChI is InChI=1S/C21H54O5Si9/c1-22-32(5,6)18-13-14-27-24-33(7,8)20-16-29-26-35(11,12)21-17-30-25-34(9,10)19-15-28-23-31(2,3)4/h13-21H2,1-12H3. The van der Waals surface area contributed by atoms with Gasteiger partial charge in [-0.3, -0.25) is 0 Å². The predicted octanol–water partition coefficient (Wildman–Crippen LogP) is 6.89. The van der Waals surface area contributed by atoms with Crippen LogP contribution in [0.1, 0.15) is 6.42 Å². The van der Waals surface area contributed by atoms with Crippen molar-refractivity contribution in [1.82, 2.24) is 0 Å². The first-order valence-corrected chi connectivity index (χ1v) is 33.4. The minimum Gasteiger partial charge on any atom is -0.456 e. The average Bonchev–Trinajstić information content (AvgIpc) is 2.71. The van der Waals surface area contributed by atoms with Gasteiger partial charge in [-0.1, -0.05) is 6.42 Å². The molecule has 0 N–H and O–H groups in total. The van der Waals surface area contributed by atoms with Crippen molar-refractivity contribution in [3.8, 4) is 0 Å². The van der Waals surface area contributed by atoms with E-state index in [0.717, 1.165) is 18.1 Å². The van der Waals surface area contributed by atoms with Crippen LogP contribution < -0.4 is 0 Å². The molecular weight excluding hydrogens is 585 g/mol. The molecule has 0 aliphatic heterocycles. The minimum absolute atomic E-state index is 0.621. The molecule has 0 fully saturated rings. The van der Waals surface area contributed by atoms with E-state index in [-0.39, 0.29) is 0 Å². The molecule has 8 radical (unpaired) electrons. The van der Waals surface area contributed by atoms with Gasteiger partial charge in [0.15, 0.2) is 41.6 Å². The van der Waals surface area contributed by atoms with E-state index in [1.165, 1.54) is 36.6 Å². The maximum absolute atomic E-state index is 6.44. The second kappa shape index (κ2) is 17.4. The highest BCUT2D eigenvalue weighted by Crippen LogP contribution is 2.20. The third-order valence-corrected chi connectivity index (χ3v) is 27.4. The van der Waals surface area contributed by atoms with Crippen molar-refractivity contribution in [3.05, 3.63) is 0 Å². The highest BCUT2D eigenvalue weighted by Gasteiger charge is 2.27. The van der Waals surface area contributed by atoms with Gasteiger partial charge in [-0.15, -0.1) is 0 Å². The van der Waals surface area contributed by atoms with Gasteiger partial charge >= 0.3 is 0 Å². The predicted molar refractivity (Wildman–Crippen MR) is 171 cm³/mol. The monoisotopic (exact) mass is 638 g/mol. The largest absolute Gasteiger partial charge is 0.456 e. The lowest BCUT2D eigenvalue weighted by Crippen LogP contribution is -2.36. The molecule has 14 heteroatoms. The van der Waals surface area contributed by atoms with Gasteiger partial charge in [-0.25, -0.2) is 0 Å². The van der Waals surface area contributed by atoms with E-state index in [4.69, 9.17) is 20.9 Å². The summed E-state index contributed by atoms with van der Waals surface area (Å²) in [5.74, 6) is 0. The van der Waals surface area contributed by atoms with Crippen LogP contribution in [0.5, 0.6) is 0 Å². The summed E-state index contributed by atoms with van der Waals surface area (Å²) in [6, 6.07) is 9.49. The summed E-state index contributed by atoms with van der Waals surface area (Å²) in [7, 11) is -3.11. The fraction of sp³-hybridized carbons (Fsp3) is 1.00. The van der Waals surface area contributed by atoms with Crippen molar-refractivity contribution in [2.45, 2.75) is 127 Å². The van der Waals surface area contributed by atoms with Gasteiger partial charge in [0.05, 0.1) is 0 Å². The zero-order valence-electron chi connectivity index (χ0n) is 24.9. The van der Waals surface area contributed by atoms with Crippen molar-refractivity contribution in [2.75, 3.05) is 7.11 Å². The van der Waals surface area contributed by atoms with Crippen molar-refractivity contribution in [2.24, 2.45) is 0 Å². The van der Waals surface area contributed by atoms with Crippen LogP contribution in [0.4, 0.5) is 0 Å². The summed E-state index contributed by atoms with van der Waals surface area (Å²) < 4.78 is 30.8. The van der Waals surface area contributed by atoms with Crippen LogP contribution in [0, 0.1) is 0 Å². The molecule has 0 amide bonds. The Morgan fingerprint density at radius 3 is 1.11 bits per heavy atom. The summed E-state index contributed by atoms with van der Waals surface area (Å²) >= 11 is 0. The van der Waals surface area contributed by atoms with Crippen molar-refractivity contribution < 1.29 is 20.9 Å². The maximum Gasteiger partial charge on any atom is 0.215 e. The normalized spacial score (nSPS) is 14.1. The van der Waals surface area contributed by atoms with Crippen LogP contribution in [-0.4, -0.2) is 87.7 Å². The van der Waals surface area contributed by atoms with Crippen molar-refractivity contribution in [1.29, 1.82) is 0 Å². The molecule has 0 aromatic carbocycles. The maximum atomic E-state index is 6.44. The fourth-order valence-electron chi connectivity index (χ4n) is 2.90. The Balaban J connectivity index is 3.96. The number of rotatable bonds is 22. The third-order valence-electron chi connectivity index (χ3n) is 5.52. The molecular formula is C21H54O5Si9. The highest BCUT2D eigenvalue weighted by molar-refractivity contribution is 6.79. The molecule has 0 bridgehead atoms. The van der Waals surface area contributed by atoms with Crippen LogP contribution in [0.25, 0.3) is 0 Å². The van der Waals surface area contributed by atoms with Crippen molar-refractivity contribution in [3.63, 3.8) is 0 Å². The Labute approximate surface area is 234 Å². The van der Waals surface area contributed by atoms with Crippen LogP contribution >= 0.6 is 0 Å². The molecule has 5 nitrogen and oxygen atoms in total. The Morgan fingerprint density at radius 2 is 0.771 bits per heavy atom. The third kappa shape index (κ3) is 23.4. The molecule has 0 atom stereocenters. The molecule has 0 heterocycles. The molecule has 0 unspecified atom stereocenters. The summed E-state index contributed by atoms with van der Waals surface area (Å²) in [4.78, 5) is 0. The lowest BCUT2D eigenvalue weighted by molar-refractivity contribution is 0.402. The van der Waals surface area contributed by atoms with E-state index in [1.54, 1.807) is 0 Å². The van der Waals surface area contributed by atoms with E-state index >= 15 is 0 Å². The molecule has 0 rings (SSSR count). The molecule has 0 aliphatic rings. The Bertz CT molecular complexity index is 558. The molecule has 0 saturated carbocycles. The minimum atomic E-state index is -1.60. The van der Waals surface area contributed by atoms with Gasteiger partial charge in [0.2, 0.25) is 39.1 Å². The molecule has 35 heavy (non-hydrogen) atoms. The van der Waals surface area contributed by atoms with E-state index < -0.39 is 41.6 Å². The van der Waals surface area contributed by atoms with E-state index in [9.17, 15) is 0 Å². The SMILES string of the molecule is CO[Si](C)(C)CCC[Si]O[Si](C)(C)CC[Si]O[Si](C)(C)CC[Si]O[Si](C)(C)CC[Si]O[Si](C)(C)C. The second-order valence-corrected chi connectivity index (χ2v) is 39.8. The lowest BCUT2D eigenvalue weighted by Gasteiger charge is -2.27. The van der Waals surface area contributed by atoms with Gasteiger partial charge < -0.3 is 20.9 Å². The molecule has 204 valence electrons. The van der Waals surface area contributed by atoms with Crippen molar-refractivity contribution >= 4 is 80.6 Å². The van der Waals surface area contributed by atoms with E-state index in [0.29, 0.717) is 39.1 Å². The molecule has 0 aliphatic carbocycles. The highest BCUT2D eigenvalue weighted by atomic mass is 28.4. The summed E-state index contributed by atoms with van der Waals surface area (Å²) in [5.41, 5.74) is 0. The Kier molecular flexibility index (Phi) is 18.3. The summed E-state index contributed by atoms with van der Waals surface area (Å²) in [6.45, 7) is 25.6. The van der Waals surface area contributed by atoms with Gasteiger partial charge in [-0.05, 0) is 120 Å². The van der Waals surface area contributed by atoms with Crippen LogP contribution in [0.2, 0.25) is 120 Å². The quantitative estimate of drug-likeness (QED) is 0.0954. The molecule has 0 aromatic heterocycles. The van der Waals surface area contributed by atoms with Crippen LogP contribution in [0.15, 0.2) is 0 Å².